The quantitative estimate of drug-likeness (QED) is 0.598. The number of likely N-dealkylation sites (tertiary alicyclic amines) is 1. The average Bonchev–Trinajstić information content (AvgIpc) is 2.70. The fraction of sp³-hybridized carbons (Fsp3) is 0.333. The molecule has 0 bridgehead atoms. The van der Waals surface area contributed by atoms with E-state index in [4.69, 9.17) is 9.47 Å². The molecule has 0 atom stereocenters. The second-order valence-corrected chi connectivity index (χ2v) is 6.45. The summed E-state index contributed by atoms with van der Waals surface area (Å²) >= 11 is 0. The number of ether oxygens (including phenoxy) is 2. The molecule has 6 nitrogen and oxygen atoms in total. The van der Waals surface area contributed by atoms with Crippen LogP contribution < -0.4 is 5.32 Å². The third kappa shape index (κ3) is 5.56. The average molecular weight is 368 g/mol. The van der Waals surface area contributed by atoms with E-state index in [0.717, 1.165) is 42.7 Å². The second kappa shape index (κ2) is 9.73. The van der Waals surface area contributed by atoms with Crippen LogP contribution in [0.3, 0.4) is 0 Å². The summed E-state index contributed by atoms with van der Waals surface area (Å²) in [6, 6.07) is 17.6. The lowest BCUT2D eigenvalue weighted by Crippen LogP contribution is -2.39. The van der Waals surface area contributed by atoms with Crippen LogP contribution in [0.4, 0.5) is 10.5 Å². The Bertz CT molecular complexity index is 743. The van der Waals surface area contributed by atoms with Gasteiger partial charge >= 0.3 is 6.09 Å². The molecule has 2 aromatic carbocycles. The Hall–Kier alpha value is -2.86. The standard InChI is InChI=1S/C21H24N2O4/c24-16-26-15-14-23-12-10-18(11-13-23)27-21(25)22-20-9-5-4-8-19(20)17-6-2-1-3-7-17/h1-9,16,18H,10-15H2,(H,22,25). The van der Waals surface area contributed by atoms with Crippen molar-refractivity contribution in [3.05, 3.63) is 54.6 Å². The number of hydrogen-bond acceptors (Lipinski definition) is 5. The van der Waals surface area contributed by atoms with Crippen LogP contribution in [0.2, 0.25) is 0 Å². The van der Waals surface area contributed by atoms with Gasteiger partial charge in [0.15, 0.2) is 0 Å². The molecule has 0 saturated carbocycles. The molecule has 27 heavy (non-hydrogen) atoms. The molecule has 0 aliphatic carbocycles. The molecule has 1 amide bonds. The van der Waals surface area contributed by atoms with Crippen LogP contribution in [0.1, 0.15) is 12.8 Å². The molecule has 1 aliphatic rings. The molecule has 2 aromatic rings. The Morgan fingerprint density at radius 2 is 1.78 bits per heavy atom. The number of rotatable bonds is 7. The summed E-state index contributed by atoms with van der Waals surface area (Å²) in [6.45, 7) is 3.21. The highest BCUT2D eigenvalue weighted by Gasteiger charge is 2.22. The van der Waals surface area contributed by atoms with E-state index in [1.807, 2.05) is 54.6 Å². The topological polar surface area (TPSA) is 67.9 Å². The Morgan fingerprint density at radius 1 is 1.07 bits per heavy atom. The molecule has 142 valence electrons. The van der Waals surface area contributed by atoms with Crippen LogP contribution in [0.5, 0.6) is 0 Å². The molecule has 1 N–H and O–H groups in total. The number of piperidine rings is 1. The number of nitrogens with zero attached hydrogens (tertiary/aromatic N) is 1. The van der Waals surface area contributed by atoms with Gasteiger partial charge in [-0.05, 0) is 24.5 Å². The molecular formula is C21H24N2O4. The minimum absolute atomic E-state index is 0.0999. The van der Waals surface area contributed by atoms with Gasteiger partial charge in [0.2, 0.25) is 0 Å². The summed E-state index contributed by atoms with van der Waals surface area (Å²) in [5, 5.41) is 2.88. The van der Waals surface area contributed by atoms with Crippen molar-refractivity contribution < 1.29 is 19.1 Å². The summed E-state index contributed by atoms with van der Waals surface area (Å²) in [6.07, 6.45) is 1.02. The van der Waals surface area contributed by atoms with Crippen LogP contribution in [0.15, 0.2) is 54.6 Å². The number of benzene rings is 2. The molecule has 0 aromatic heterocycles. The highest BCUT2D eigenvalue weighted by Crippen LogP contribution is 2.27. The third-order valence-electron chi connectivity index (χ3n) is 4.65. The van der Waals surface area contributed by atoms with E-state index < -0.39 is 6.09 Å². The van der Waals surface area contributed by atoms with E-state index >= 15 is 0 Å². The van der Waals surface area contributed by atoms with Gasteiger partial charge < -0.3 is 9.47 Å². The van der Waals surface area contributed by atoms with Crippen LogP contribution in [0, 0.1) is 0 Å². The number of para-hydroxylation sites is 1. The lowest BCUT2D eigenvalue weighted by molar-refractivity contribution is -0.129. The van der Waals surface area contributed by atoms with Gasteiger partial charge in [0.05, 0.1) is 5.69 Å². The predicted octanol–water partition coefficient (Wildman–Crippen LogP) is 3.54. The highest BCUT2D eigenvalue weighted by molar-refractivity contribution is 5.91. The molecule has 0 radical (unpaired) electrons. The molecule has 3 rings (SSSR count). The van der Waals surface area contributed by atoms with E-state index in [2.05, 4.69) is 10.2 Å². The Morgan fingerprint density at radius 3 is 2.52 bits per heavy atom. The maximum absolute atomic E-state index is 12.4. The summed E-state index contributed by atoms with van der Waals surface area (Å²) in [5.41, 5.74) is 2.73. The van der Waals surface area contributed by atoms with Crippen molar-refractivity contribution in [2.45, 2.75) is 18.9 Å². The van der Waals surface area contributed by atoms with Crippen molar-refractivity contribution in [2.24, 2.45) is 0 Å². The van der Waals surface area contributed by atoms with Gasteiger partial charge in [-0.2, -0.15) is 0 Å². The lowest BCUT2D eigenvalue weighted by Gasteiger charge is -2.31. The van der Waals surface area contributed by atoms with Crippen molar-refractivity contribution in [3.63, 3.8) is 0 Å². The summed E-state index contributed by atoms with van der Waals surface area (Å²) in [5.74, 6) is 0. The maximum Gasteiger partial charge on any atom is 0.411 e. The molecular weight excluding hydrogens is 344 g/mol. The Kier molecular flexibility index (Phi) is 6.82. The predicted molar refractivity (Wildman–Crippen MR) is 103 cm³/mol. The van der Waals surface area contributed by atoms with Gasteiger partial charge in [-0.3, -0.25) is 15.0 Å². The molecule has 1 fully saturated rings. The Labute approximate surface area is 159 Å². The normalized spacial score (nSPS) is 15.1. The number of anilines is 1. The minimum Gasteiger partial charge on any atom is -0.467 e. The van der Waals surface area contributed by atoms with Crippen molar-refractivity contribution in [2.75, 3.05) is 31.6 Å². The number of carbonyl (C=O) groups is 2. The van der Waals surface area contributed by atoms with Crippen LogP contribution >= 0.6 is 0 Å². The van der Waals surface area contributed by atoms with Crippen LogP contribution in [-0.4, -0.2) is 49.8 Å². The zero-order valence-electron chi connectivity index (χ0n) is 15.2. The number of carbonyl (C=O) groups excluding carboxylic acids is 2. The monoisotopic (exact) mass is 368 g/mol. The molecule has 6 heteroatoms. The summed E-state index contributed by atoms with van der Waals surface area (Å²) in [4.78, 5) is 24.7. The van der Waals surface area contributed by atoms with Gasteiger partial charge in [-0.25, -0.2) is 4.79 Å². The second-order valence-electron chi connectivity index (χ2n) is 6.45. The van der Waals surface area contributed by atoms with Gasteiger partial charge in [-0.1, -0.05) is 48.5 Å². The molecule has 0 unspecified atom stereocenters. The first kappa shape index (κ1) is 18.9. The fourth-order valence-electron chi connectivity index (χ4n) is 3.23. The maximum atomic E-state index is 12.4. The van der Waals surface area contributed by atoms with Crippen molar-refractivity contribution in [1.82, 2.24) is 4.90 Å². The Balaban J connectivity index is 1.52. The third-order valence-corrected chi connectivity index (χ3v) is 4.65. The lowest BCUT2D eigenvalue weighted by atomic mass is 10.0. The zero-order chi connectivity index (χ0) is 18.9. The summed E-state index contributed by atoms with van der Waals surface area (Å²) in [7, 11) is 0. The van der Waals surface area contributed by atoms with Gasteiger partial charge in [0, 0.05) is 25.2 Å². The van der Waals surface area contributed by atoms with E-state index in [1.54, 1.807) is 0 Å². The largest absolute Gasteiger partial charge is 0.467 e. The SMILES string of the molecule is O=COCCN1CCC(OC(=O)Nc2ccccc2-c2ccccc2)CC1. The summed E-state index contributed by atoms with van der Waals surface area (Å²) < 4.78 is 10.3. The van der Waals surface area contributed by atoms with E-state index in [1.165, 1.54) is 0 Å². The zero-order valence-corrected chi connectivity index (χ0v) is 15.2. The highest BCUT2D eigenvalue weighted by atomic mass is 16.6. The fourth-order valence-corrected chi connectivity index (χ4v) is 3.23. The molecule has 1 aliphatic heterocycles. The van der Waals surface area contributed by atoms with E-state index in [0.29, 0.717) is 19.6 Å². The van der Waals surface area contributed by atoms with Crippen molar-refractivity contribution >= 4 is 18.3 Å². The van der Waals surface area contributed by atoms with Gasteiger partial charge in [-0.15, -0.1) is 0 Å². The van der Waals surface area contributed by atoms with Gasteiger partial charge in [0.25, 0.3) is 6.47 Å². The number of hydrogen-bond donors (Lipinski definition) is 1. The molecule has 0 spiro atoms. The first-order valence-electron chi connectivity index (χ1n) is 9.16. The van der Waals surface area contributed by atoms with E-state index in [9.17, 15) is 9.59 Å². The molecule has 1 heterocycles. The minimum atomic E-state index is -0.430. The smallest absolute Gasteiger partial charge is 0.411 e. The van der Waals surface area contributed by atoms with Crippen LogP contribution in [0.25, 0.3) is 11.1 Å². The number of amides is 1. The van der Waals surface area contributed by atoms with Crippen molar-refractivity contribution in [1.29, 1.82) is 0 Å². The number of nitrogens with one attached hydrogen (secondary N) is 1. The van der Waals surface area contributed by atoms with Crippen molar-refractivity contribution in [3.8, 4) is 11.1 Å². The van der Waals surface area contributed by atoms with Gasteiger partial charge in [0.1, 0.15) is 12.7 Å². The molecule has 1 saturated heterocycles. The van der Waals surface area contributed by atoms with E-state index in [-0.39, 0.29) is 6.10 Å². The first-order valence-corrected chi connectivity index (χ1v) is 9.16. The first-order chi connectivity index (χ1) is 13.3. The van der Waals surface area contributed by atoms with Crippen LogP contribution in [-0.2, 0) is 14.3 Å².